The van der Waals surface area contributed by atoms with Gasteiger partial charge in [0.15, 0.2) is 0 Å². The quantitative estimate of drug-likeness (QED) is 0.288. The summed E-state index contributed by atoms with van der Waals surface area (Å²) in [6, 6.07) is 11.8. The molecule has 0 saturated heterocycles. The van der Waals surface area contributed by atoms with Gasteiger partial charge in [0, 0.05) is 35.1 Å². The smallest absolute Gasteiger partial charge is 0.310 e. The van der Waals surface area contributed by atoms with Crippen molar-refractivity contribution in [2.45, 2.75) is 11.8 Å². The van der Waals surface area contributed by atoms with E-state index in [1.54, 1.807) is 24.3 Å². The Labute approximate surface area is 182 Å². The van der Waals surface area contributed by atoms with Crippen LogP contribution in [0, 0.1) is 32.1 Å². The monoisotopic (exact) mass is 440 g/mol. The Kier molecular flexibility index (Phi) is 6.62. The van der Waals surface area contributed by atoms with Crippen molar-refractivity contribution in [1.82, 2.24) is 0 Å². The van der Waals surface area contributed by atoms with Crippen LogP contribution in [0.15, 0.2) is 60.7 Å². The number of carbonyl (C=O) groups is 2. The van der Waals surface area contributed by atoms with Crippen molar-refractivity contribution in [2.24, 2.45) is 11.8 Å². The van der Waals surface area contributed by atoms with E-state index in [1.807, 2.05) is 0 Å². The first kappa shape index (κ1) is 22.6. The number of hydrogen-bond donors (Lipinski definition) is 0. The molecule has 0 N–H and O–H groups in total. The summed E-state index contributed by atoms with van der Waals surface area (Å²) in [7, 11) is 2.29. The second kappa shape index (κ2) is 9.38. The fourth-order valence-corrected chi connectivity index (χ4v) is 4.25. The maximum Gasteiger partial charge on any atom is 0.310 e. The Morgan fingerprint density at radius 3 is 1.38 bits per heavy atom. The number of ether oxygens (including phenoxy) is 2. The third-order valence-corrected chi connectivity index (χ3v) is 5.62. The van der Waals surface area contributed by atoms with E-state index < -0.39 is 45.5 Å². The van der Waals surface area contributed by atoms with Gasteiger partial charge in [0.1, 0.15) is 0 Å². The second-order valence-corrected chi connectivity index (χ2v) is 7.17. The number of hydrogen-bond acceptors (Lipinski definition) is 8. The first-order valence-corrected chi connectivity index (χ1v) is 9.62. The van der Waals surface area contributed by atoms with Gasteiger partial charge in [-0.25, -0.2) is 0 Å². The number of methoxy groups -OCH3 is 2. The molecule has 4 atom stereocenters. The number of nitrogens with zero attached hydrogens (tertiary/aromatic N) is 2. The van der Waals surface area contributed by atoms with Crippen molar-refractivity contribution in [1.29, 1.82) is 0 Å². The van der Waals surface area contributed by atoms with Crippen molar-refractivity contribution in [2.75, 3.05) is 14.2 Å². The highest BCUT2D eigenvalue weighted by atomic mass is 16.6. The summed E-state index contributed by atoms with van der Waals surface area (Å²) in [5.74, 6) is -5.74. The van der Waals surface area contributed by atoms with Crippen molar-refractivity contribution in [3.05, 3.63) is 92.0 Å². The molecule has 0 heterocycles. The van der Waals surface area contributed by atoms with E-state index in [1.165, 1.54) is 36.4 Å². The van der Waals surface area contributed by atoms with Gasteiger partial charge in [-0.2, -0.15) is 0 Å². The van der Waals surface area contributed by atoms with Crippen molar-refractivity contribution in [3.63, 3.8) is 0 Å². The van der Waals surface area contributed by atoms with Gasteiger partial charge in [0.2, 0.25) is 0 Å². The van der Waals surface area contributed by atoms with Crippen LogP contribution in [-0.4, -0.2) is 36.0 Å². The topological polar surface area (TPSA) is 139 Å². The molecule has 0 bridgehead atoms. The van der Waals surface area contributed by atoms with Gasteiger partial charge in [-0.1, -0.05) is 48.6 Å². The molecule has 2 aromatic rings. The standard InChI is InChI=1S/C22H20N2O8/c1-31-21(25)19-15(13-7-3-5-9-17(13)23(27)28)11-12-16(20(19)22(26)32-2)14-8-4-6-10-18(14)24(29)30/h3-12,15-16,19-20H,1-2H3/t15-,16-,19-,20+/m1/s1. The molecule has 32 heavy (non-hydrogen) atoms. The SMILES string of the molecule is COC(=O)[C@@H]1[C@H](C(=O)OC)[C@@H](c2ccccc2[N+](=O)[O-])C=C[C@@H]1c1ccccc1[N+](=O)[O-]. The maximum absolute atomic E-state index is 12.9. The van der Waals surface area contributed by atoms with Crippen molar-refractivity contribution < 1.29 is 28.9 Å². The summed E-state index contributed by atoms with van der Waals surface area (Å²) in [4.78, 5) is 47.8. The van der Waals surface area contributed by atoms with E-state index in [0.29, 0.717) is 0 Å². The molecule has 0 aromatic heterocycles. The van der Waals surface area contributed by atoms with Gasteiger partial charge in [-0.15, -0.1) is 0 Å². The Bertz CT molecular complexity index is 1010. The van der Waals surface area contributed by atoms with Crippen LogP contribution in [0.5, 0.6) is 0 Å². The number of allylic oxidation sites excluding steroid dienone is 2. The molecule has 166 valence electrons. The van der Waals surface area contributed by atoms with Gasteiger partial charge in [0.05, 0.1) is 35.9 Å². The summed E-state index contributed by atoms with van der Waals surface area (Å²) in [5.41, 5.74) is 0.00532. The van der Waals surface area contributed by atoms with Crippen LogP contribution in [-0.2, 0) is 19.1 Å². The van der Waals surface area contributed by atoms with E-state index in [0.717, 1.165) is 14.2 Å². The molecule has 1 aliphatic carbocycles. The van der Waals surface area contributed by atoms with Crippen molar-refractivity contribution >= 4 is 23.3 Å². The van der Waals surface area contributed by atoms with E-state index in [9.17, 15) is 29.8 Å². The number of esters is 2. The molecule has 0 fully saturated rings. The number of carbonyl (C=O) groups excluding carboxylic acids is 2. The average Bonchev–Trinajstić information content (AvgIpc) is 2.81. The lowest BCUT2D eigenvalue weighted by Gasteiger charge is -2.36. The molecule has 0 aliphatic heterocycles. The maximum atomic E-state index is 12.9. The third kappa shape index (κ3) is 4.07. The molecule has 2 aromatic carbocycles. The minimum atomic E-state index is -1.21. The summed E-state index contributed by atoms with van der Waals surface area (Å²) in [6.45, 7) is 0. The molecular formula is C22H20N2O8. The minimum Gasteiger partial charge on any atom is -0.469 e. The molecule has 0 radical (unpaired) electrons. The molecule has 0 unspecified atom stereocenters. The van der Waals surface area contributed by atoms with E-state index in [2.05, 4.69) is 0 Å². The fourth-order valence-electron chi connectivity index (χ4n) is 4.25. The first-order valence-electron chi connectivity index (χ1n) is 9.62. The highest BCUT2D eigenvalue weighted by Crippen LogP contribution is 2.48. The Balaban J connectivity index is 2.25. The van der Waals surface area contributed by atoms with Crippen LogP contribution >= 0.6 is 0 Å². The summed E-state index contributed by atoms with van der Waals surface area (Å²) in [5, 5.41) is 23.2. The predicted octanol–water partition coefficient (Wildman–Crippen LogP) is 3.52. The molecule has 0 spiro atoms. The minimum absolute atomic E-state index is 0.219. The van der Waals surface area contributed by atoms with E-state index in [-0.39, 0.29) is 22.5 Å². The van der Waals surface area contributed by atoms with Crippen LogP contribution < -0.4 is 0 Å². The largest absolute Gasteiger partial charge is 0.469 e. The first-order chi connectivity index (χ1) is 15.3. The number of nitro groups is 2. The Morgan fingerprint density at radius 1 is 0.719 bits per heavy atom. The third-order valence-electron chi connectivity index (χ3n) is 5.62. The molecule has 10 nitrogen and oxygen atoms in total. The fraction of sp³-hybridized carbons (Fsp3) is 0.273. The predicted molar refractivity (Wildman–Crippen MR) is 112 cm³/mol. The van der Waals surface area contributed by atoms with Gasteiger partial charge in [-0.05, 0) is 0 Å². The van der Waals surface area contributed by atoms with Gasteiger partial charge in [-0.3, -0.25) is 29.8 Å². The molecule has 3 rings (SSSR count). The highest BCUT2D eigenvalue weighted by Gasteiger charge is 2.49. The highest BCUT2D eigenvalue weighted by molar-refractivity contribution is 5.85. The zero-order valence-corrected chi connectivity index (χ0v) is 17.2. The Hall–Kier alpha value is -4.08. The van der Waals surface area contributed by atoms with Crippen LogP contribution in [0.1, 0.15) is 23.0 Å². The summed E-state index contributed by atoms with van der Waals surface area (Å²) in [6.07, 6.45) is 3.12. The van der Waals surface area contributed by atoms with Crippen LogP contribution in [0.3, 0.4) is 0 Å². The summed E-state index contributed by atoms with van der Waals surface area (Å²) < 4.78 is 9.89. The van der Waals surface area contributed by atoms with E-state index >= 15 is 0 Å². The summed E-state index contributed by atoms with van der Waals surface area (Å²) >= 11 is 0. The van der Waals surface area contributed by atoms with Gasteiger partial charge in [0.25, 0.3) is 11.4 Å². The van der Waals surface area contributed by atoms with Crippen molar-refractivity contribution in [3.8, 4) is 0 Å². The lowest BCUT2D eigenvalue weighted by molar-refractivity contribution is -0.386. The normalized spacial score (nSPS) is 22.1. The van der Waals surface area contributed by atoms with Gasteiger partial charge >= 0.3 is 11.9 Å². The zero-order valence-electron chi connectivity index (χ0n) is 17.2. The van der Waals surface area contributed by atoms with E-state index in [4.69, 9.17) is 9.47 Å². The van der Waals surface area contributed by atoms with Crippen LogP contribution in [0.4, 0.5) is 11.4 Å². The van der Waals surface area contributed by atoms with Gasteiger partial charge < -0.3 is 9.47 Å². The number of nitro benzene ring substituents is 2. The zero-order chi connectivity index (χ0) is 23.4. The Morgan fingerprint density at radius 2 is 1.06 bits per heavy atom. The lowest BCUT2D eigenvalue weighted by atomic mass is 9.66. The second-order valence-electron chi connectivity index (χ2n) is 7.17. The molecule has 0 saturated carbocycles. The molecular weight excluding hydrogens is 420 g/mol. The molecule has 0 amide bonds. The molecule has 10 heteroatoms. The average molecular weight is 440 g/mol. The van der Waals surface area contributed by atoms with Crippen LogP contribution in [0.2, 0.25) is 0 Å². The number of rotatable bonds is 6. The van der Waals surface area contributed by atoms with Crippen LogP contribution in [0.25, 0.3) is 0 Å². The molecule has 1 aliphatic rings. The number of para-hydroxylation sites is 2. The lowest BCUT2D eigenvalue weighted by Crippen LogP contribution is -2.41. The number of benzene rings is 2.